The number of hydrogen-bond acceptors (Lipinski definition) is 3. The molecule has 2 aromatic carbocycles. The van der Waals surface area contributed by atoms with E-state index in [1.807, 2.05) is 30.3 Å². The van der Waals surface area contributed by atoms with E-state index >= 15 is 0 Å². The quantitative estimate of drug-likeness (QED) is 0.694. The molecule has 128 valence electrons. The van der Waals surface area contributed by atoms with E-state index in [-0.39, 0.29) is 5.91 Å². The van der Waals surface area contributed by atoms with E-state index in [0.29, 0.717) is 28.9 Å². The van der Waals surface area contributed by atoms with Gasteiger partial charge in [-0.3, -0.25) is 4.79 Å². The number of amides is 1. The van der Waals surface area contributed by atoms with E-state index in [0.717, 1.165) is 18.4 Å². The summed E-state index contributed by atoms with van der Waals surface area (Å²) in [4.78, 5) is 12.5. The molecule has 0 saturated heterocycles. The third-order valence-electron chi connectivity index (χ3n) is 3.42. The van der Waals surface area contributed by atoms with Crippen molar-refractivity contribution in [3.05, 3.63) is 64.1 Å². The average molecular weight is 367 g/mol. The standard InChI is InChI=1S/C18H20Cl2N2O2/c19-15-9-8-14(12-16(15)20)24-17(13-6-2-1-3-7-13)18(23)22-11-5-4-10-21/h1-3,6-9,12,17H,4-5,10-11,21H2,(H,22,23). The van der Waals surface area contributed by atoms with E-state index in [9.17, 15) is 4.79 Å². The molecule has 0 aliphatic carbocycles. The fourth-order valence-electron chi connectivity index (χ4n) is 2.16. The first-order valence-electron chi connectivity index (χ1n) is 7.76. The fourth-order valence-corrected chi connectivity index (χ4v) is 2.45. The molecule has 0 fully saturated rings. The molecule has 0 heterocycles. The minimum atomic E-state index is -0.763. The Balaban J connectivity index is 2.13. The van der Waals surface area contributed by atoms with E-state index in [1.54, 1.807) is 18.2 Å². The molecule has 0 aromatic heterocycles. The number of benzene rings is 2. The molecule has 2 aromatic rings. The lowest BCUT2D eigenvalue weighted by Crippen LogP contribution is -2.33. The number of nitrogens with one attached hydrogen (secondary N) is 1. The number of rotatable bonds is 8. The van der Waals surface area contributed by atoms with Crippen molar-refractivity contribution in [2.75, 3.05) is 13.1 Å². The lowest BCUT2D eigenvalue weighted by Gasteiger charge is -2.19. The third kappa shape index (κ3) is 5.41. The number of ether oxygens (including phenoxy) is 1. The predicted octanol–water partition coefficient (Wildman–Crippen LogP) is 3.97. The van der Waals surface area contributed by atoms with Crippen LogP contribution in [-0.4, -0.2) is 19.0 Å². The van der Waals surface area contributed by atoms with Crippen molar-refractivity contribution in [1.29, 1.82) is 0 Å². The molecule has 1 atom stereocenters. The first-order valence-corrected chi connectivity index (χ1v) is 8.52. The second-order valence-corrected chi connectivity index (χ2v) is 6.09. The molecule has 0 aliphatic heterocycles. The normalized spacial score (nSPS) is 11.8. The summed E-state index contributed by atoms with van der Waals surface area (Å²) in [5, 5.41) is 3.70. The molecular formula is C18H20Cl2N2O2. The second kappa shape index (κ2) is 9.52. The summed E-state index contributed by atoms with van der Waals surface area (Å²) >= 11 is 11.9. The van der Waals surface area contributed by atoms with Crippen LogP contribution in [0.4, 0.5) is 0 Å². The zero-order chi connectivity index (χ0) is 17.4. The van der Waals surface area contributed by atoms with Crippen LogP contribution in [0.3, 0.4) is 0 Å². The van der Waals surface area contributed by atoms with Gasteiger partial charge in [-0.05, 0) is 31.5 Å². The number of carbonyl (C=O) groups excluding carboxylic acids is 1. The van der Waals surface area contributed by atoms with Crippen molar-refractivity contribution in [2.45, 2.75) is 18.9 Å². The van der Waals surface area contributed by atoms with Gasteiger partial charge in [0.15, 0.2) is 0 Å². The van der Waals surface area contributed by atoms with E-state index in [1.165, 1.54) is 0 Å². The van der Waals surface area contributed by atoms with E-state index < -0.39 is 6.10 Å². The number of unbranched alkanes of at least 4 members (excludes halogenated alkanes) is 1. The summed E-state index contributed by atoms with van der Waals surface area (Å²) in [6, 6.07) is 14.2. The molecule has 0 spiro atoms. The smallest absolute Gasteiger partial charge is 0.265 e. The molecule has 4 nitrogen and oxygen atoms in total. The number of nitrogens with two attached hydrogens (primary N) is 1. The maximum absolute atomic E-state index is 12.5. The highest BCUT2D eigenvalue weighted by molar-refractivity contribution is 6.42. The SMILES string of the molecule is NCCCCNC(=O)C(Oc1ccc(Cl)c(Cl)c1)c1ccccc1. The van der Waals surface area contributed by atoms with Gasteiger partial charge in [-0.2, -0.15) is 0 Å². The first kappa shape index (κ1) is 18.6. The van der Waals surface area contributed by atoms with Crippen LogP contribution >= 0.6 is 23.2 Å². The van der Waals surface area contributed by atoms with Gasteiger partial charge in [0.05, 0.1) is 10.0 Å². The van der Waals surface area contributed by atoms with Gasteiger partial charge in [-0.25, -0.2) is 0 Å². The number of carbonyl (C=O) groups is 1. The molecule has 24 heavy (non-hydrogen) atoms. The monoisotopic (exact) mass is 366 g/mol. The Morgan fingerprint density at radius 2 is 1.83 bits per heavy atom. The van der Waals surface area contributed by atoms with Gasteiger partial charge in [0.1, 0.15) is 5.75 Å². The van der Waals surface area contributed by atoms with E-state index in [4.69, 9.17) is 33.7 Å². The number of hydrogen-bond donors (Lipinski definition) is 2. The maximum atomic E-state index is 12.5. The topological polar surface area (TPSA) is 64.3 Å². The summed E-state index contributed by atoms with van der Waals surface area (Å²) < 4.78 is 5.88. The number of halogens is 2. The minimum absolute atomic E-state index is 0.204. The molecule has 6 heteroatoms. The zero-order valence-corrected chi connectivity index (χ0v) is 14.7. The van der Waals surface area contributed by atoms with Crippen molar-refractivity contribution in [3.63, 3.8) is 0 Å². The Labute approximate surface area is 151 Å². The van der Waals surface area contributed by atoms with Gasteiger partial charge in [0, 0.05) is 18.2 Å². The van der Waals surface area contributed by atoms with Crippen LogP contribution in [0.5, 0.6) is 5.75 Å². The maximum Gasteiger partial charge on any atom is 0.265 e. The van der Waals surface area contributed by atoms with Crippen LogP contribution in [-0.2, 0) is 4.79 Å². The molecule has 0 radical (unpaired) electrons. The summed E-state index contributed by atoms with van der Waals surface area (Å²) in [6.07, 6.45) is 0.932. The zero-order valence-electron chi connectivity index (χ0n) is 13.2. The van der Waals surface area contributed by atoms with Gasteiger partial charge in [-0.15, -0.1) is 0 Å². The Kier molecular flexibility index (Phi) is 7.37. The minimum Gasteiger partial charge on any atom is -0.476 e. The van der Waals surface area contributed by atoms with E-state index in [2.05, 4.69) is 5.32 Å². The summed E-state index contributed by atoms with van der Waals surface area (Å²) in [5.41, 5.74) is 6.23. The van der Waals surface area contributed by atoms with Crippen LogP contribution in [0.15, 0.2) is 48.5 Å². The Hall–Kier alpha value is -1.75. The largest absolute Gasteiger partial charge is 0.476 e. The van der Waals surface area contributed by atoms with Gasteiger partial charge in [-0.1, -0.05) is 53.5 Å². The van der Waals surface area contributed by atoms with Crippen LogP contribution < -0.4 is 15.8 Å². The van der Waals surface area contributed by atoms with Crippen molar-refractivity contribution < 1.29 is 9.53 Å². The van der Waals surface area contributed by atoms with Crippen LogP contribution in [0.25, 0.3) is 0 Å². The van der Waals surface area contributed by atoms with Crippen molar-refractivity contribution in [2.24, 2.45) is 5.73 Å². The molecule has 1 unspecified atom stereocenters. The molecular weight excluding hydrogens is 347 g/mol. The molecule has 1 amide bonds. The van der Waals surface area contributed by atoms with Crippen molar-refractivity contribution >= 4 is 29.1 Å². The molecule has 0 aliphatic rings. The van der Waals surface area contributed by atoms with Crippen LogP contribution in [0.2, 0.25) is 10.0 Å². The second-order valence-electron chi connectivity index (χ2n) is 5.27. The third-order valence-corrected chi connectivity index (χ3v) is 4.15. The first-order chi connectivity index (χ1) is 11.6. The molecule has 2 rings (SSSR count). The van der Waals surface area contributed by atoms with Gasteiger partial charge in [0.2, 0.25) is 6.10 Å². The van der Waals surface area contributed by atoms with Gasteiger partial charge < -0.3 is 15.8 Å². The summed E-state index contributed by atoms with van der Waals surface area (Å²) in [6.45, 7) is 1.17. The van der Waals surface area contributed by atoms with Crippen molar-refractivity contribution in [1.82, 2.24) is 5.32 Å². The Morgan fingerprint density at radius 3 is 2.50 bits per heavy atom. The van der Waals surface area contributed by atoms with Crippen LogP contribution in [0.1, 0.15) is 24.5 Å². The highest BCUT2D eigenvalue weighted by Crippen LogP contribution is 2.29. The lowest BCUT2D eigenvalue weighted by atomic mass is 10.1. The average Bonchev–Trinajstić information content (AvgIpc) is 2.60. The summed E-state index contributed by atoms with van der Waals surface area (Å²) in [7, 11) is 0. The van der Waals surface area contributed by atoms with Gasteiger partial charge >= 0.3 is 0 Å². The molecule has 0 saturated carbocycles. The van der Waals surface area contributed by atoms with Crippen molar-refractivity contribution in [3.8, 4) is 5.75 Å². The lowest BCUT2D eigenvalue weighted by molar-refractivity contribution is -0.128. The Bertz CT molecular complexity index is 665. The van der Waals surface area contributed by atoms with Gasteiger partial charge in [0.25, 0.3) is 5.91 Å². The predicted molar refractivity (Wildman–Crippen MR) is 97.6 cm³/mol. The fraction of sp³-hybridized carbons (Fsp3) is 0.278. The molecule has 3 N–H and O–H groups in total. The van der Waals surface area contributed by atoms with Crippen LogP contribution in [0, 0.1) is 0 Å². The highest BCUT2D eigenvalue weighted by Gasteiger charge is 2.22. The molecule has 0 bridgehead atoms. The highest BCUT2D eigenvalue weighted by atomic mass is 35.5. The summed E-state index contributed by atoms with van der Waals surface area (Å²) in [5.74, 6) is 0.277. The Morgan fingerprint density at radius 1 is 1.08 bits per heavy atom.